The molecule has 3 aliphatic rings. The number of anilines is 1. The van der Waals surface area contributed by atoms with Crippen LogP contribution in [-0.4, -0.2) is 76.6 Å². The molecule has 1 aromatic rings. The highest BCUT2D eigenvalue weighted by molar-refractivity contribution is 5.88. The number of carbonyl (C=O) groups is 2. The van der Waals surface area contributed by atoms with E-state index in [0.29, 0.717) is 18.0 Å². The molecule has 3 N–H and O–H groups in total. The van der Waals surface area contributed by atoms with Crippen molar-refractivity contribution in [1.29, 1.82) is 0 Å². The number of hydrogen-bond acceptors (Lipinski definition) is 5. The van der Waals surface area contributed by atoms with Gasteiger partial charge in [-0.2, -0.15) is 0 Å². The quantitative estimate of drug-likeness (QED) is 0.627. The summed E-state index contributed by atoms with van der Waals surface area (Å²) in [5.74, 6) is -0.571. The number of likely N-dealkylation sites (tertiary alicyclic amines) is 1. The lowest BCUT2D eigenvalue weighted by Gasteiger charge is -2.36. The molecule has 182 valence electrons. The van der Waals surface area contributed by atoms with Crippen LogP contribution in [-0.2, 0) is 16.0 Å². The van der Waals surface area contributed by atoms with Gasteiger partial charge in [-0.3, -0.25) is 14.5 Å². The largest absolute Gasteiger partial charge is 0.381 e. The summed E-state index contributed by atoms with van der Waals surface area (Å²) in [5, 5.41) is 16.5. The second kappa shape index (κ2) is 9.22. The number of nitrogens with one attached hydrogen (secondary N) is 2. The molecular weight excluding hydrogens is 423 g/mol. The topological polar surface area (TPSA) is 84.9 Å². The summed E-state index contributed by atoms with van der Waals surface area (Å²) in [6, 6.07) is 3.34. The number of benzene rings is 1. The Morgan fingerprint density at radius 1 is 1.27 bits per heavy atom. The van der Waals surface area contributed by atoms with Gasteiger partial charge in [0.25, 0.3) is 5.91 Å². The molecule has 4 atom stereocenters. The molecule has 1 saturated carbocycles. The van der Waals surface area contributed by atoms with E-state index in [9.17, 15) is 19.1 Å². The first-order chi connectivity index (χ1) is 15.5. The van der Waals surface area contributed by atoms with Crippen LogP contribution in [0.4, 0.5) is 10.1 Å². The monoisotopic (exact) mass is 460 g/mol. The van der Waals surface area contributed by atoms with E-state index in [-0.39, 0.29) is 29.7 Å². The molecule has 2 fully saturated rings. The predicted octanol–water partition coefficient (Wildman–Crippen LogP) is 2.20. The van der Waals surface area contributed by atoms with Crippen LogP contribution in [0.5, 0.6) is 0 Å². The lowest BCUT2D eigenvalue weighted by molar-refractivity contribution is -0.148. The number of hydrogen-bond donors (Lipinski definition) is 3. The van der Waals surface area contributed by atoms with Gasteiger partial charge in [0.2, 0.25) is 5.91 Å². The first-order valence-electron chi connectivity index (χ1n) is 12.1. The van der Waals surface area contributed by atoms with Gasteiger partial charge >= 0.3 is 0 Å². The lowest BCUT2D eigenvalue weighted by atomic mass is 9.89. The molecule has 2 heterocycles. The number of amides is 2. The fourth-order valence-electron chi connectivity index (χ4n) is 5.67. The Morgan fingerprint density at radius 3 is 2.73 bits per heavy atom. The first kappa shape index (κ1) is 24.0. The standard InChI is InChI=1S/C25H37FN4O3/c1-15-8-9-20(26)19-13-21(28-22(15)19)23(31)27-16-6-5-7-17(12-16)30-11-10-18(14-30)29(4)24(32)25(2,3)33/h8-9,16-18,21,28,33H,5-7,10-14H2,1-4H3,(H,27,31)/t16-,17+,18-,21?/m1/s1. The zero-order chi connectivity index (χ0) is 23.9. The predicted molar refractivity (Wildman–Crippen MR) is 125 cm³/mol. The van der Waals surface area contributed by atoms with Crippen molar-refractivity contribution in [3.8, 4) is 0 Å². The van der Waals surface area contributed by atoms with E-state index >= 15 is 0 Å². The zero-order valence-electron chi connectivity index (χ0n) is 20.2. The number of nitrogens with zero attached hydrogens (tertiary/aromatic N) is 2. The number of aliphatic hydroxyl groups is 1. The molecule has 0 aromatic heterocycles. The third-order valence-corrected chi connectivity index (χ3v) is 7.60. The van der Waals surface area contributed by atoms with Crippen LogP contribution in [0.15, 0.2) is 12.1 Å². The van der Waals surface area contributed by atoms with Gasteiger partial charge in [-0.1, -0.05) is 6.07 Å². The molecule has 1 unspecified atom stereocenters. The number of carbonyl (C=O) groups excluding carboxylic acids is 2. The third kappa shape index (κ3) is 5.01. The summed E-state index contributed by atoms with van der Waals surface area (Å²) in [6.07, 6.45) is 5.22. The Bertz CT molecular complexity index is 885. The molecule has 0 bridgehead atoms. The Kier molecular flexibility index (Phi) is 6.69. The Morgan fingerprint density at radius 2 is 2.03 bits per heavy atom. The molecule has 33 heavy (non-hydrogen) atoms. The maximum atomic E-state index is 14.2. The van der Waals surface area contributed by atoms with Crippen LogP contribution >= 0.6 is 0 Å². The van der Waals surface area contributed by atoms with E-state index in [1.807, 2.05) is 6.92 Å². The summed E-state index contributed by atoms with van der Waals surface area (Å²) < 4.78 is 14.2. The van der Waals surface area contributed by atoms with Gasteiger partial charge in [0.15, 0.2) is 0 Å². The zero-order valence-corrected chi connectivity index (χ0v) is 20.2. The Labute approximate surface area is 195 Å². The van der Waals surface area contributed by atoms with Gasteiger partial charge in [0.1, 0.15) is 17.5 Å². The highest BCUT2D eigenvalue weighted by Crippen LogP contribution is 2.32. The van der Waals surface area contributed by atoms with E-state index in [2.05, 4.69) is 15.5 Å². The number of rotatable bonds is 5. The molecule has 0 spiro atoms. The smallest absolute Gasteiger partial charge is 0.253 e. The van der Waals surface area contributed by atoms with Crippen LogP contribution in [0.2, 0.25) is 0 Å². The van der Waals surface area contributed by atoms with E-state index in [4.69, 9.17) is 0 Å². The fraction of sp³-hybridized carbons (Fsp3) is 0.680. The fourth-order valence-corrected chi connectivity index (χ4v) is 5.67. The minimum Gasteiger partial charge on any atom is -0.381 e. The maximum Gasteiger partial charge on any atom is 0.253 e. The van der Waals surface area contributed by atoms with Crippen molar-refractivity contribution in [2.45, 2.75) is 89.1 Å². The van der Waals surface area contributed by atoms with E-state index < -0.39 is 11.6 Å². The maximum absolute atomic E-state index is 14.2. The molecule has 1 saturated heterocycles. The van der Waals surface area contributed by atoms with Crippen LogP contribution in [0.3, 0.4) is 0 Å². The van der Waals surface area contributed by atoms with Crippen molar-refractivity contribution < 1.29 is 19.1 Å². The van der Waals surface area contributed by atoms with Crippen molar-refractivity contribution in [3.05, 3.63) is 29.1 Å². The van der Waals surface area contributed by atoms with Crippen molar-refractivity contribution >= 4 is 17.5 Å². The molecule has 8 heteroatoms. The second-order valence-electron chi connectivity index (χ2n) is 10.6. The van der Waals surface area contributed by atoms with E-state index in [1.54, 1.807) is 18.0 Å². The number of fused-ring (bicyclic) bond motifs is 1. The normalized spacial score (nSPS) is 27.7. The minimum absolute atomic E-state index is 0.0644. The molecule has 1 aromatic carbocycles. The molecule has 7 nitrogen and oxygen atoms in total. The molecule has 2 amide bonds. The van der Waals surface area contributed by atoms with Crippen molar-refractivity contribution in [2.24, 2.45) is 0 Å². The van der Waals surface area contributed by atoms with Gasteiger partial charge < -0.3 is 20.6 Å². The van der Waals surface area contributed by atoms with Crippen molar-refractivity contribution in [1.82, 2.24) is 15.1 Å². The SMILES string of the molecule is Cc1ccc(F)c2c1NC(C(=O)N[C@@H]1CCC[C@H](N3CC[C@@H](N(C)C(=O)C(C)(C)O)C3)C1)C2. The molecule has 2 aliphatic heterocycles. The molecule has 1 aliphatic carbocycles. The highest BCUT2D eigenvalue weighted by Gasteiger charge is 2.38. The van der Waals surface area contributed by atoms with Crippen LogP contribution in [0.25, 0.3) is 0 Å². The van der Waals surface area contributed by atoms with Crippen LogP contribution < -0.4 is 10.6 Å². The van der Waals surface area contributed by atoms with Crippen LogP contribution in [0.1, 0.15) is 57.1 Å². The molecule has 0 radical (unpaired) electrons. The summed E-state index contributed by atoms with van der Waals surface area (Å²) >= 11 is 0. The molecule has 4 rings (SSSR count). The van der Waals surface area contributed by atoms with E-state index in [1.165, 1.54) is 19.9 Å². The minimum atomic E-state index is -1.36. The number of halogens is 1. The Balaban J connectivity index is 1.31. The lowest BCUT2D eigenvalue weighted by Crippen LogP contribution is -2.50. The molecular formula is C25H37FN4O3. The highest BCUT2D eigenvalue weighted by atomic mass is 19.1. The Hall–Kier alpha value is -2.19. The summed E-state index contributed by atoms with van der Waals surface area (Å²) in [7, 11) is 1.77. The number of aryl methyl sites for hydroxylation is 1. The van der Waals surface area contributed by atoms with Gasteiger partial charge in [0.05, 0.1) is 0 Å². The number of likely N-dealkylation sites (N-methyl/N-ethyl adjacent to an activating group) is 1. The van der Waals surface area contributed by atoms with Gasteiger partial charge in [0, 0.05) is 55.9 Å². The third-order valence-electron chi connectivity index (χ3n) is 7.60. The van der Waals surface area contributed by atoms with Crippen molar-refractivity contribution in [2.75, 3.05) is 25.5 Å². The average molecular weight is 461 g/mol. The van der Waals surface area contributed by atoms with Gasteiger partial charge in [-0.05, 0) is 64.5 Å². The average Bonchev–Trinajstić information content (AvgIpc) is 3.43. The first-order valence-corrected chi connectivity index (χ1v) is 12.1. The van der Waals surface area contributed by atoms with E-state index in [0.717, 1.165) is 56.4 Å². The summed E-state index contributed by atoms with van der Waals surface area (Å²) in [5.41, 5.74) is 0.947. The van der Waals surface area contributed by atoms with Gasteiger partial charge in [-0.15, -0.1) is 0 Å². The van der Waals surface area contributed by atoms with Crippen molar-refractivity contribution in [3.63, 3.8) is 0 Å². The summed E-state index contributed by atoms with van der Waals surface area (Å²) in [6.45, 7) is 6.69. The van der Waals surface area contributed by atoms with Crippen LogP contribution in [0, 0.1) is 12.7 Å². The summed E-state index contributed by atoms with van der Waals surface area (Å²) in [4.78, 5) is 29.5. The van der Waals surface area contributed by atoms with Gasteiger partial charge in [-0.25, -0.2) is 4.39 Å². The second-order valence-corrected chi connectivity index (χ2v) is 10.6.